The highest BCUT2D eigenvalue weighted by Crippen LogP contribution is 2.16. The van der Waals surface area contributed by atoms with E-state index in [2.05, 4.69) is 13.0 Å². The highest BCUT2D eigenvalue weighted by molar-refractivity contribution is 6.05. The van der Waals surface area contributed by atoms with Crippen molar-refractivity contribution in [3.63, 3.8) is 0 Å². The third-order valence-electron chi connectivity index (χ3n) is 3.16. The molecule has 2 rings (SSSR count). The fourth-order valence-electron chi connectivity index (χ4n) is 2.11. The van der Waals surface area contributed by atoms with Gasteiger partial charge in [-0.3, -0.25) is 4.79 Å². The first-order valence-electron chi connectivity index (χ1n) is 6.64. The van der Waals surface area contributed by atoms with Crippen LogP contribution < -0.4 is 4.90 Å². The molecule has 1 amide bonds. The number of aryl methyl sites for hydroxylation is 1. The molecule has 0 saturated carbocycles. The summed E-state index contributed by atoms with van der Waals surface area (Å²) < 4.78 is 0. The Morgan fingerprint density at radius 1 is 1.05 bits per heavy atom. The Labute approximate surface area is 114 Å². The molecule has 0 aliphatic heterocycles. The van der Waals surface area contributed by atoms with Gasteiger partial charge in [-0.05, 0) is 36.2 Å². The summed E-state index contributed by atoms with van der Waals surface area (Å²) in [7, 11) is 1.81. The zero-order valence-corrected chi connectivity index (χ0v) is 11.5. The van der Waals surface area contributed by atoms with Crippen LogP contribution in [0.4, 0.5) is 5.69 Å². The van der Waals surface area contributed by atoms with Crippen molar-refractivity contribution in [2.24, 2.45) is 0 Å². The highest BCUT2D eigenvalue weighted by Gasteiger charge is 2.13. The molecule has 0 spiro atoms. The van der Waals surface area contributed by atoms with E-state index in [9.17, 15) is 4.79 Å². The number of carbonyl (C=O) groups excluding carboxylic acids is 1. The van der Waals surface area contributed by atoms with Crippen LogP contribution in [-0.2, 0) is 6.42 Å². The van der Waals surface area contributed by atoms with E-state index in [4.69, 9.17) is 0 Å². The fourth-order valence-corrected chi connectivity index (χ4v) is 2.11. The molecular weight excluding hydrogens is 234 g/mol. The van der Waals surface area contributed by atoms with E-state index < -0.39 is 0 Å². The van der Waals surface area contributed by atoms with E-state index >= 15 is 0 Å². The number of para-hydroxylation sites is 1. The summed E-state index contributed by atoms with van der Waals surface area (Å²) in [5, 5.41) is 0. The molecule has 0 fully saturated rings. The number of nitrogens with zero attached hydrogens (tertiary/aromatic N) is 1. The molecule has 0 aliphatic rings. The van der Waals surface area contributed by atoms with Crippen molar-refractivity contribution in [2.75, 3.05) is 11.9 Å². The second-order valence-electron chi connectivity index (χ2n) is 4.65. The molecule has 0 bridgehead atoms. The molecule has 2 aromatic carbocycles. The van der Waals surface area contributed by atoms with Gasteiger partial charge < -0.3 is 4.90 Å². The van der Waals surface area contributed by atoms with Gasteiger partial charge in [-0.25, -0.2) is 0 Å². The molecule has 19 heavy (non-hydrogen) atoms. The van der Waals surface area contributed by atoms with E-state index in [0.29, 0.717) is 0 Å². The van der Waals surface area contributed by atoms with Gasteiger partial charge in [0.15, 0.2) is 0 Å². The maximum absolute atomic E-state index is 12.4. The Morgan fingerprint density at radius 3 is 2.47 bits per heavy atom. The van der Waals surface area contributed by atoms with Crippen LogP contribution in [0.25, 0.3) is 0 Å². The highest BCUT2D eigenvalue weighted by atomic mass is 16.2. The average molecular weight is 253 g/mol. The zero-order chi connectivity index (χ0) is 13.7. The fraction of sp³-hybridized carbons (Fsp3) is 0.235. The van der Waals surface area contributed by atoms with Gasteiger partial charge >= 0.3 is 0 Å². The van der Waals surface area contributed by atoms with Crippen LogP contribution in [0, 0.1) is 0 Å². The Morgan fingerprint density at radius 2 is 1.79 bits per heavy atom. The molecule has 0 N–H and O–H groups in total. The maximum Gasteiger partial charge on any atom is 0.258 e. The van der Waals surface area contributed by atoms with Crippen LogP contribution in [0.15, 0.2) is 54.6 Å². The summed E-state index contributed by atoms with van der Waals surface area (Å²) in [6.45, 7) is 2.14. The predicted octanol–water partition coefficient (Wildman–Crippen LogP) is 3.92. The standard InChI is InChI=1S/C17H19NO/c1-3-8-14-9-7-10-15(13-14)17(19)18(2)16-11-5-4-6-12-16/h4-7,9-13H,3,8H2,1-2H3. The van der Waals surface area contributed by atoms with Gasteiger partial charge in [-0.15, -0.1) is 0 Å². The molecule has 2 nitrogen and oxygen atoms in total. The van der Waals surface area contributed by atoms with Gasteiger partial charge in [0.1, 0.15) is 0 Å². The Hall–Kier alpha value is -2.09. The van der Waals surface area contributed by atoms with Crippen LogP contribution >= 0.6 is 0 Å². The molecule has 0 atom stereocenters. The summed E-state index contributed by atoms with van der Waals surface area (Å²) in [6.07, 6.45) is 2.10. The lowest BCUT2D eigenvalue weighted by Gasteiger charge is -2.17. The number of anilines is 1. The number of benzene rings is 2. The third-order valence-corrected chi connectivity index (χ3v) is 3.16. The number of hydrogen-bond acceptors (Lipinski definition) is 1. The van der Waals surface area contributed by atoms with Crippen molar-refractivity contribution < 1.29 is 4.79 Å². The molecule has 2 aromatic rings. The van der Waals surface area contributed by atoms with Crippen LogP contribution in [0.5, 0.6) is 0 Å². The van der Waals surface area contributed by atoms with Gasteiger partial charge in [0.25, 0.3) is 5.91 Å². The lowest BCUT2D eigenvalue weighted by atomic mass is 10.1. The number of hydrogen-bond donors (Lipinski definition) is 0. The zero-order valence-electron chi connectivity index (χ0n) is 11.5. The van der Waals surface area contributed by atoms with Crippen molar-refractivity contribution in [2.45, 2.75) is 19.8 Å². The van der Waals surface area contributed by atoms with E-state index in [1.54, 1.807) is 4.90 Å². The smallest absolute Gasteiger partial charge is 0.258 e. The summed E-state index contributed by atoms with van der Waals surface area (Å²) in [4.78, 5) is 14.1. The first kappa shape index (κ1) is 13.3. The Balaban J connectivity index is 2.22. The molecule has 2 heteroatoms. The topological polar surface area (TPSA) is 20.3 Å². The van der Waals surface area contributed by atoms with Gasteiger partial charge in [0.05, 0.1) is 0 Å². The van der Waals surface area contributed by atoms with Crippen molar-refractivity contribution in [1.82, 2.24) is 0 Å². The van der Waals surface area contributed by atoms with Gasteiger partial charge in [0.2, 0.25) is 0 Å². The SMILES string of the molecule is CCCc1cccc(C(=O)N(C)c2ccccc2)c1. The normalized spacial score (nSPS) is 10.2. The minimum Gasteiger partial charge on any atom is -0.311 e. The first-order chi connectivity index (χ1) is 9.22. The third kappa shape index (κ3) is 3.22. The number of amides is 1. The first-order valence-corrected chi connectivity index (χ1v) is 6.64. The molecular formula is C17H19NO. The predicted molar refractivity (Wildman–Crippen MR) is 79.6 cm³/mol. The van der Waals surface area contributed by atoms with E-state index in [1.165, 1.54) is 5.56 Å². The molecule has 0 saturated heterocycles. The minimum absolute atomic E-state index is 0.0316. The molecule has 0 aromatic heterocycles. The van der Waals surface area contributed by atoms with Crippen molar-refractivity contribution in [1.29, 1.82) is 0 Å². The summed E-state index contributed by atoms with van der Waals surface area (Å²) >= 11 is 0. The van der Waals surface area contributed by atoms with Gasteiger partial charge in [0, 0.05) is 18.3 Å². The molecule has 0 unspecified atom stereocenters. The van der Waals surface area contributed by atoms with Gasteiger partial charge in [-0.2, -0.15) is 0 Å². The van der Waals surface area contributed by atoms with E-state index in [-0.39, 0.29) is 5.91 Å². The Bertz CT molecular complexity index is 548. The molecule has 0 radical (unpaired) electrons. The summed E-state index contributed by atoms with van der Waals surface area (Å²) in [5.41, 5.74) is 2.88. The largest absolute Gasteiger partial charge is 0.311 e. The van der Waals surface area contributed by atoms with Crippen LogP contribution in [0.3, 0.4) is 0 Å². The van der Waals surface area contributed by atoms with Crippen LogP contribution in [-0.4, -0.2) is 13.0 Å². The quantitative estimate of drug-likeness (QED) is 0.808. The monoisotopic (exact) mass is 253 g/mol. The lowest BCUT2D eigenvalue weighted by Crippen LogP contribution is -2.26. The lowest BCUT2D eigenvalue weighted by molar-refractivity contribution is 0.0993. The van der Waals surface area contributed by atoms with E-state index in [0.717, 1.165) is 24.1 Å². The molecule has 98 valence electrons. The second-order valence-corrected chi connectivity index (χ2v) is 4.65. The second kappa shape index (κ2) is 6.19. The summed E-state index contributed by atoms with van der Waals surface area (Å²) in [6, 6.07) is 17.6. The van der Waals surface area contributed by atoms with Crippen molar-refractivity contribution in [3.8, 4) is 0 Å². The summed E-state index contributed by atoms with van der Waals surface area (Å²) in [5.74, 6) is 0.0316. The van der Waals surface area contributed by atoms with Crippen LogP contribution in [0.2, 0.25) is 0 Å². The van der Waals surface area contributed by atoms with Crippen LogP contribution in [0.1, 0.15) is 29.3 Å². The minimum atomic E-state index is 0.0316. The number of carbonyl (C=O) groups is 1. The van der Waals surface area contributed by atoms with Gasteiger partial charge in [-0.1, -0.05) is 43.7 Å². The van der Waals surface area contributed by atoms with Crippen molar-refractivity contribution >= 4 is 11.6 Å². The molecule has 0 aliphatic carbocycles. The number of rotatable bonds is 4. The van der Waals surface area contributed by atoms with Crippen molar-refractivity contribution in [3.05, 3.63) is 65.7 Å². The molecule has 0 heterocycles. The van der Waals surface area contributed by atoms with E-state index in [1.807, 2.05) is 55.6 Å². The maximum atomic E-state index is 12.4. The Kier molecular flexibility index (Phi) is 4.35. The average Bonchev–Trinajstić information content (AvgIpc) is 2.47.